The Labute approximate surface area is 177 Å². The molecular weight excluding hydrogens is 372 g/mol. The van der Waals surface area contributed by atoms with Crippen molar-refractivity contribution in [1.29, 1.82) is 0 Å². The van der Waals surface area contributed by atoms with E-state index in [4.69, 9.17) is 9.47 Å². The van der Waals surface area contributed by atoms with E-state index < -0.39 is 0 Å². The van der Waals surface area contributed by atoms with Crippen LogP contribution in [0.1, 0.15) is 24.1 Å². The molecule has 0 radical (unpaired) electrons. The SMILES string of the molecule is COc1ccc(-c2cc(CNC(C)c3cccc4ccccc34)ccc2OC)nc1. The molecule has 0 bridgehead atoms. The number of hydrogen-bond donors (Lipinski definition) is 1. The van der Waals surface area contributed by atoms with Gasteiger partial charge in [0.1, 0.15) is 11.5 Å². The molecule has 0 amide bonds. The zero-order valence-corrected chi connectivity index (χ0v) is 17.6. The van der Waals surface area contributed by atoms with Crippen molar-refractivity contribution >= 4 is 10.8 Å². The third kappa shape index (κ3) is 4.14. The molecule has 0 aliphatic heterocycles. The largest absolute Gasteiger partial charge is 0.496 e. The minimum Gasteiger partial charge on any atom is -0.496 e. The van der Waals surface area contributed by atoms with Gasteiger partial charge in [-0.05, 0) is 53.1 Å². The zero-order valence-electron chi connectivity index (χ0n) is 17.6. The topological polar surface area (TPSA) is 43.4 Å². The van der Waals surface area contributed by atoms with Crippen LogP contribution in [0.2, 0.25) is 0 Å². The van der Waals surface area contributed by atoms with E-state index in [0.29, 0.717) is 0 Å². The van der Waals surface area contributed by atoms with E-state index in [1.807, 2.05) is 18.2 Å². The van der Waals surface area contributed by atoms with Crippen LogP contribution in [0.4, 0.5) is 0 Å². The maximum absolute atomic E-state index is 5.56. The molecule has 30 heavy (non-hydrogen) atoms. The van der Waals surface area contributed by atoms with Crippen molar-refractivity contribution in [2.24, 2.45) is 0 Å². The van der Waals surface area contributed by atoms with E-state index in [0.717, 1.165) is 29.3 Å². The van der Waals surface area contributed by atoms with Crippen molar-refractivity contribution in [3.63, 3.8) is 0 Å². The summed E-state index contributed by atoms with van der Waals surface area (Å²) in [6.07, 6.45) is 1.72. The maximum Gasteiger partial charge on any atom is 0.137 e. The van der Waals surface area contributed by atoms with Crippen LogP contribution in [0, 0.1) is 0 Å². The lowest BCUT2D eigenvalue weighted by Crippen LogP contribution is -2.18. The van der Waals surface area contributed by atoms with Gasteiger partial charge >= 0.3 is 0 Å². The van der Waals surface area contributed by atoms with Gasteiger partial charge in [-0.3, -0.25) is 4.98 Å². The summed E-state index contributed by atoms with van der Waals surface area (Å²) in [6, 6.07) is 25.3. The molecule has 0 saturated carbocycles. The highest BCUT2D eigenvalue weighted by Gasteiger charge is 2.12. The van der Waals surface area contributed by atoms with Crippen LogP contribution in [-0.4, -0.2) is 19.2 Å². The summed E-state index contributed by atoms with van der Waals surface area (Å²) in [6.45, 7) is 2.95. The average Bonchev–Trinajstić information content (AvgIpc) is 2.82. The number of benzene rings is 3. The first kappa shape index (κ1) is 19.9. The van der Waals surface area contributed by atoms with Gasteiger partial charge in [0.05, 0.1) is 26.1 Å². The third-order valence-electron chi connectivity index (χ3n) is 5.41. The van der Waals surface area contributed by atoms with Gasteiger partial charge in [-0.15, -0.1) is 0 Å². The summed E-state index contributed by atoms with van der Waals surface area (Å²) in [5, 5.41) is 6.21. The maximum atomic E-state index is 5.56. The van der Waals surface area contributed by atoms with E-state index >= 15 is 0 Å². The van der Waals surface area contributed by atoms with Crippen molar-refractivity contribution < 1.29 is 9.47 Å². The van der Waals surface area contributed by atoms with Crippen LogP contribution in [0.5, 0.6) is 11.5 Å². The van der Waals surface area contributed by atoms with E-state index in [1.54, 1.807) is 20.4 Å². The second kappa shape index (κ2) is 8.97. The first-order valence-corrected chi connectivity index (χ1v) is 10.1. The fourth-order valence-corrected chi connectivity index (χ4v) is 3.73. The van der Waals surface area contributed by atoms with E-state index in [-0.39, 0.29) is 6.04 Å². The Balaban J connectivity index is 1.56. The molecule has 0 fully saturated rings. The summed E-state index contributed by atoms with van der Waals surface area (Å²) in [4.78, 5) is 4.52. The van der Waals surface area contributed by atoms with Crippen molar-refractivity contribution in [3.8, 4) is 22.8 Å². The normalized spacial score (nSPS) is 12.0. The number of pyridine rings is 1. The van der Waals surface area contributed by atoms with Gasteiger partial charge < -0.3 is 14.8 Å². The van der Waals surface area contributed by atoms with Crippen molar-refractivity contribution in [2.45, 2.75) is 19.5 Å². The Morgan fingerprint density at radius 3 is 2.50 bits per heavy atom. The van der Waals surface area contributed by atoms with E-state index in [1.165, 1.54) is 21.9 Å². The molecule has 4 rings (SSSR count). The van der Waals surface area contributed by atoms with Crippen LogP contribution in [-0.2, 0) is 6.54 Å². The molecule has 0 aliphatic rings. The molecule has 1 heterocycles. The standard InChI is InChI=1S/C26H26N2O2/c1-18(22-10-6-8-20-7-4-5-9-23(20)22)27-16-19-11-14-26(30-3)24(15-19)25-13-12-21(29-2)17-28-25/h4-15,17-18,27H,16H2,1-3H3. The van der Waals surface area contributed by atoms with E-state index in [2.05, 4.69) is 71.8 Å². The van der Waals surface area contributed by atoms with Crippen molar-refractivity contribution in [1.82, 2.24) is 10.3 Å². The summed E-state index contributed by atoms with van der Waals surface area (Å²) >= 11 is 0. The average molecular weight is 399 g/mol. The number of methoxy groups -OCH3 is 2. The molecule has 3 aromatic carbocycles. The molecule has 4 heteroatoms. The fraction of sp³-hybridized carbons (Fsp3) is 0.192. The van der Waals surface area contributed by atoms with Gasteiger partial charge in [-0.25, -0.2) is 0 Å². The van der Waals surface area contributed by atoms with Gasteiger partial charge in [0.2, 0.25) is 0 Å². The predicted molar refractivity (Wildman–Crippen MR) is 122 cm³/mol. The Bertz CT molecular complexity index is 1130. The number of aromatic nitrogens is 1. The van der Waals surface area contributed by atoms with E-state index in [9.17, 15) is 0 Å². The number of hydrogen-bond acceptors (Lipinski definition) is 4. The van der Waals surface area contributed by atoms with Crippen LogP contribution in [0.25, 0.3) is 22.0 Å². The zero-order chi connectivity index (χ0) is 20.9. The minimum absolute atomic E-state index is 0.223. The van der Waals surface area contributed by atoms with Crippen LogP contribution in [0.3, 0.4) is 0 Å². The molecular formula is C26H26N2O2. The highest BCUT2D eigenvalue weighted by atomic mass is 16.5. The number of ether oxygens (including phenoxy) is 2. The Hall–Kier alpha value is -3.37. The smallest absolute Gasteiger partial charge is 0.137 e. The molecule has 1 unspecified atom stereocenters. The van der Waals surface area contributed by atoms with Crippen LogP contribution < -0.4 is 14.8 Å². The summed E-state index contributed by atoms with van der Waals surface area (Å²) in [5.74, 6) is 1.54. The first-order valence-electron chi connectivity index (χ1n) is 10.1. The van der Waals surface area contributed by atoms with Crippen LogP contribution >= 0.6 is 0 Å². The van der Waals surface area contributed by atoms with Gasteiger partial charge in [0.25, 0.3) is 0 Å². The number of nitrogens with one attached hydrogen (secondary N) is 1. The number of rotatable bonds is 7. The Morgan fingerprint density at radius 1 is 0.900 bits per heavy atom. The highest BCUT2D eigenvalue weighted by Crippen LogP contribution is 2.31. The molecule has 0 spiro atoms. The summed E-state index contributed by atoms with van der Waals surface area (Å²) in [7, 11) is 3.32. The molecule has 1 N–H and O–H groups in total. The second-order valence-electron chi connectivity index (χ2n) is 7.29. The molecule has 1 aromatic heterocycles. The molecule has 0 aliphatic carbocycles. The summed E-state index contributed by atoms with van der Waals surface area (Å²) < 4.78 is 10.8. The lowest BCUT2D eigenvalue weighted by atomic mass is 9.99. The number of fused-ring (bicyclic) bond motifs is 1. The fourth-order valence-electron chi connectivity index (χ4n) is 3.73. The molecule has 1 atom stereocenters. The third-order valence-corrected chi connectivity index (χ3v) is 5.41. The van der Waals surface area contributed by atoms with Gasteiger partial charge in [-0.1, -0.05) is 48.5 Å². The van der Waals surface area contributed by atoms with Gasteiger partial charge in [0.15, 0.2) is 0 Å². The van der Waals surface area contributed by atoms with Crippen LogP contribution in [0.15, 0.2) is 79.0 Å². The van der Waals surface area contributed by atoms with Crippen molar-refractivity contribution in [2.75, 3.05) is 14.2 Å². The molecule has 4 nitrogen and oxygen atoms in total. The molecule has 0 saturated heterocycles. The molecule has 152 valence electrons. The van der Waals surface area contributed by atoms with Gasteiger partial charge in [0, 0.05) is 18.2 Å². The van der Waals surface area contributed by atoms with Gasteiger partial charge in [-0.2, -0.15) is 0 Å². The monoisotopic (exact) mass is 398 g/mol. The predicted octanol–water partition coefficient (Wildman–Crippen LogP) is 5.77. The minimum atomic E-state index is 0.223. The van der Waals surface area contributed by atoms with Crippen molar-refractivity contribution in [3.05, 3.63) is 90.1 Å². The highest BCUT2D eigenvalue weighted by molar-refractivity contribution is 5.86. The number of nitrogens with zero attached hydrogens (tertiary/aromatic N) is 1. The Kier molecular flexibility index (Phi) is 5.96. The quantitative estimate of drug-likeness (QED) is 0.429. The Morgan fingerprint density at radius 2 is 1.73 bits per heavy atom. The summed E-state index contributed by atoms with van der Waals surface area (Å²) in [5.41, 5.74) is 4.31. The second-order valence-corrected chi connectivity index (χ2v) is 7.29. The lowest BCUT2D eigenvalue weighted by molar-refractivity contribution is 0.412. The lowest BCUT2D eigenvalue weighted by Gasteiger charge is -2.17. The first-order chi connectivity index (χ1) is 14.7. The molecule has 4 aromatic rings.